The van der Waals surface area contributed by atoms with Crippen LogP contribution in [0.15, 0.2) is 48.5 Å². The maximum absolute atomic E-state index is 12.4. The zero-order chi connectivity index (χ0) is 21.2. The number of nitrogens with one attached hydrogen (secondary N) is 2. The minimum absolute atomic E-state index is 0.120. The molecule has 2 N–H and O–H groups in total. The molecule has 0 aliphatic rings. The molecule has 0 aliphatic heterocycles. The van der Waals surface area contributed by atoms with Gasteiger partial charge in [-0.15, -0.1) is 0 Å². The number of hydrogen-bond acceptors (Lipinski definition) is 4. The third-order valence-corrected chi connectivity index (χ3v) is 4.94. The maximum Gasteiger partial charge on any atom is 0.238 e. The molecule has 6 heteroatoms. The number of hydrogen-bond donors (Lipinski definition) is 2. The number of amides is 2. The second kappa shape index (κ2) is 11.2. The molecule has 2 aromatic rings. The number of para-hydroxylation sites is 2. The number of carbonyl (C=O) groups is 2. The second-order valence-electron chi connectivity index (χ2n) is 7.03. The van der Waals surface area contributed by atoms with E-state index in [-0.39, 0.29) is 24.9 Å². The largest absolute Gasteiger partial charge is 0.495 e. The fourth-order valence-corrected chi connectivity index (χ4v) is 2.95. The number of anilines is 2. The summed E-state index contributed by atoms with van der Waals surface area (Å²) in [6.07, 6.45) is 1.08. The zero-order valence-corrected chi connectivity index (χ0v) is 17.7. The summed E-state index contributed by atoms with van der Waals surface area (Å²) in [6.45, 7) is 7.11. The highest BCUT2D eigenvalue weighted by atomic mass is 16.5. The molecule has 0 radical (unpaired) electrons. The van der Waals surface area contributed by atoms with Crippen molar-refractivity contribution in [3.63, 3.8) is 0 Å². The summed E-state index contributed by atoms with van der Waals surface area (Å²) >= 11 is 0. The summed E-state index contributed by atoms with van der Waals surface area (Å²) in [5.74, 6) is 0.759. The summed E-state index contributed by atoms with van der Waals surface area (Å²) < 4.78 is 5.25. The molecule has 0 heterocycles. The molecule has 0 saturated carbocycles. The number of methoxy groups -OCH3 is 1. The van der Waals surface area contributed by atoms with E-state index < -0.39 is 0 Å². The smallest absolute Gasteiger partial charge is 0.238 e. The Kier molecular flexibility index (Phi) is 8.68. The lowest BCUT2D eigenvalue weighted by molar-refractivity contribution is -0.119. The van der Waals surface area contributed by atoms with Crippen molar-refractivity contribution in [3.8, 4) is 5.75 Å². The molecular weight excluding hydrogens is 366 g/mol. The van der Waals surface area contributed by atoms with Crippen LogP contribution in [0.5, 0.6) is 5.75 Å². The number of likely N-dealkylation sites (N-methyl/N-ethyl adjacent to an activating group) is 1. The third-order valence-electron chi connectivity index (χ3n) is 4.94. The molecule has 2 amide bonds. The molecule has 1 atom stereocenters. The van der Waals surface area contributed by atoms with Gasteiger partial charge in [0.15, 0.2) is 0 Å². The highest BCUT2D eigenvalue weighted by Gasteiger charge is 2.15. The molecule has 2 aromatic carbocycles. The quantitative estimate of drug-likeness (QED) is 0.633. The van der Waals surface area contributed by atoms with Crippen molar-refractivity contribution in [1.29, 1.82) is 0 Å². The molecule has 0 saturated heterocycles. The van der Waals surface area contributed by atoms with Gasteiger partial charge in [-0.2, -0.15) is 0 Å². The van der Waals surface area contributed by atoms with E-state index in [1.165, 1.54) is 5.56 Å². The minimum Gasteiger partial charge on any atom is -0.495 e. The maximum atomic E-state index is 12.4. The molecule has 0 aromatic heterocycles. The van der Waals surface area contributed by atoms with Crippen LogP contribution < -0.4 is 15.4 Å². The first-order chi connectivity index (χ1) is 14.0. The van der Waals surface area contributed by atoms with Crippen LogP contribution in [0.1, 0.15) is 38.7 Å². The van der Waals surface area contributed by atoms with E-state index in [0.717, 1.165) is 12.1 Å². The lowest BCUT2D eigenvalue weighted by atomic mass is 9.99. The summed E-state index contributed by atoms with van der Waals surface area (Å²) in [4.78, 5) is 26.6. The van der Waals surface area contributed by atoms with Crippen molar-refractivity contribution < 1.29 is 14.3 Å². The van der Waals surface area contributed by atoms with Crippen LogP contribution in [0.25, 0.3) is 0 Å². The Hall–Kier alpha value is -2.86. The standard InChI is InChI=1S/C23H31N3O3/c1-5-17(3)18-11-13-19(14-12-18)24-22(27)15-26(6-2)16-23(28)25-20-9-7-8-10-21(20)29-4/h7-14,17H,5-6,15-16H2,1-4H3,(H,24,27)(H,25,28)/t17-/m0/s1. The average molecular weight is 398 g/mol. The first-order valence-electron chi connectivity index (χ1n) is 10.0. The van der Waals surface area contributed by atoms with Crippen LogP contribution in [0, 0.1) is 0 Å². The van der Waals surface area contributed by atoms with Crippen molar-refractivity contribution in [2.24, 2.45) is 0 Å². The van der Waals surface area contributed by atoms with Gasteiger partial charge in [0.05, 0.1) is 25.9 Å². The topological polar surface area (TPSA) is 70.7 Å². The SMILES string of the molecule is CC[C@H](C)c1ccc(NC(=O)CN(CC)CC(=O)Nc2ccccc2OC)cc1. The van der Waals surface area contributed by atoms with Crippen LogP contribution >= 0.6 is 0 Å². The van der Waals surface area contributed by atoms with Gasteiger partial charge in [-0.25, -0.2) is 0 Å². The normalized spacial score (nSPS) is 11.8. The van der Waals surface area contributed by atoms with Crippen LogP contribution in [0.2, 0.25) is 0 Å². The van der Waals surface area contributed by atoms with Crippen LogP contribution in [-0.4, -0.2) is 43.5 Å². The van der Waals surface area contributed by atoms with E-state index in [1.54, 1.807) is 24.1 Å². The molecule has 0 fully saturated rings. The summed E-state index contributed by atoms with van der Waals surface area (Å²) in [5.41, 5.74) is 2.63. The van der Waals surface area contributed by atoms with Gasteiger partial charge in [0.25, 0.3) is 0 Å². The second-order valence-corrected chi connectivity index (χ2v) is 7.03. The third kappa shape index (κ3) is 6.91. The number of nitrogens with zero attached hydrogens (tertiary/aromatic N) is 1. The Morgan fingerprint density at radius 1 is 0.966 bits per heavy atom. The average Bonchev–Trinajstić information content (AvgIpc) is 2.73. The van der Waals surface area contributed by atoms with Gasteiger partial charge < -0.3 is 15.4 Å². The predicted octanol–water partition coefficient (Wildman–Crippen LogP) is 4.11. The first kappa shape index (κ1) is 22.4. The monoisotopic (exact) mass is 397 g/mol. The number of carbonyl (C=O) groups excluding carboxylic acids is 2. The van der Waals surface area contributed by atoms with E-state index in [0.29, 0.717) is 23.9 Å². The molecular formula is C23H31N3O3. The van der Waals surface area contributed by atoms with Gasteiger partial charge >= 0.3 is 0 Å². The molecule has 0 aliphatic carbocycles. The highest BCUT2D eigenvalue weighted by Crippen LogP contribution is 2.23. The molecule has 156 valence electrons. The molecule has 29 heavy (non-hydrogen) atoms. The van der Waals surface area contributed by atoms with Gasteiger partial charge in [0.1, 0.15) is 5.75 Å². The Bertz CT molecular complexity index is 805. The Balaban J connectivity index is 1.88. The number of ether oxygens (including phenoxy) is 1. The number of benzene rings is 2. The Morgan fingerprint density at radius 3 is 2.17 bits per heavy atom. The molecule has 0 bridgehead atoms. The zero-order valence-electron chi connectivity index (χ0n) is 17.7. The van der Waals surface area contributed by atoms with E-state index in [4.69, 9.17) is 4.74 Å². The van der Waals surface area contributed by atoms with E-state index >= 15 is 0 Å². The Labute approximate surface area is 173 Å². The van der Waals surface area contributed by atoms with E-state index in [9.17, 15) is 9.59 Å². The molecule has 0 unspecified atom stereocenters. The van der Waals surface area contributed by atoms with E-state index in [1.807, 2.05) is 43.3 Å². The fourth-order valence-electron chi connectivity index (χ4n) is 2.95. The predicted molar refractivity (Wildman–Crippen MR) is 118 cm³/mol. The van der Waals surface area contributed by atoms with Crippen LogP contribution in [0.4, 0.5) is 11.4 Å². The fraction of sp³-hybridized carbons (Fsp3) is 0.391. The van der Waals surface area contributed by atoms with Crippen LogP contribution in [-0.2, 0) is 9.59 Å². The van der Waals surface area contributed by atoms with Gasteiger partial charge in [0, 0.05) is 5.69 Å². The molecule has 0 spiro atoms. The Morgan fingerprint density at radius 2 is 1.59 bits per heavy atom. The molecule has 6 nitrogen and oxygen atoms in total. The van der Waals surface area contributed by atoms with Crippen molar-refractivity contribution in [3.05, 3.63) is 54.1 Å². The van der Waals surface area contributed by atoms with Crippen molar-refractivity contribution in [2.45, 2.75) is 33.1 Å². The summed E-state index contributed by atoms with van der Waals surface area (Å²) in [5, 5.41) is 5.73. The van der Waals surface area contributed by atoms with Crippen molar-refractivity contribution in [2.75, 3.05) is 37.4 Å². The lowest BCUT2D eigenvalue weighted by Gasteiger charge is -2.20. The van der Waals surface area contributed by atoms with Gasteiger partial charge in [-0.3, -0.25) is 14.5 Å². The summed E-state index contributed by atoms with van der Waals surface area (Å²) in [7, 11) is 1.56. The number of rotatable bonds is 10. The highest BCUT2D eigenvalue weighted by molar-refractivity contribution is 5.95. The van der Waals surface area contributed by atoms with Crippen molar-refractivity contribution >= 4 is 23.2 Å². The van der Waals surface area contributed by atoms with Gasteiger partial charge in [-0.05, 0) is 48.7 Å². The van der Waals surface area contributed by atoms with E-state index in [2.05, 4.69) is 24.5 Å². The van der Waals surface area contributed by atoms with Gasteiger partial charge in [0.2, 0.25) is 11.8 Å². The summed E-state index contributed by atoms with van der Waals surface area (Å²) in [6, 6.07) is 15.2. The van der Waals surface area contributed by atoms with Crippen molar-refractivity contribution in [1.82, 2.24) is 4.90 Å². The lowest BCUT2D eigenvalue weighted by Crippen LogP contribution is -2.38. The first-order valence-corrected chi connectivity index (χ1v) is 10.0. The van der Waals surface area contributed by atoms with Crippen LogP contribution in [0.3, 0.4) is 0 Å². The van der Waals surface area contributed by atoms with Gasteiger partial charge in [-0.1, -0.05) is 45.0 Å². The minimum atomic E-state index is -0.193. The molecule has 2 rings (SSSR count).